The number of anilines is 1. The van der Waals surface area contributed by atoms with Crippen LogP contribution in [-0.4, -0.2) is 37.5 Å². The molecule has 0 aliphatic rings. The van der Waals surface area contributed by atoms with Crippen LogP contribution in [0.25, 0.3) is 0 Å². The summed E-state index contributed by atoms with van der Waals surface area (Å²) < 4.78 is 5.36. The third kappa shape index (κ3) is 4.98. The molecule has 2 rings (SSSR count). The number of hydrogen-bond acceptors (Lipinski definition) is 5. The number of aromatic nitrogens is 1. The molecule has 7 nitrogen and oxygen atoms in total. The van der Waals surface area contributed by atoms with Gasteiger partial charge in [0.15, 0.2) is 6.61 Å². The average Bonchev–Trinajstić information content (AvgIpc) is 2.58. The van der Waals surface area contributed by atoms with E-state index in [9.17, 15) is 9.59 Å². The molecule has 2 amide bonds. The zero-order valence-corrected chi connectivity index (χ0v) is 13.9. The van der Waals surface area contributed by atoms with E-state index < -0.39 is 11.8 Å². The fourth-order valence-electron chi connectivity index (χ4n) is 1.89. The zero-order valence-electron chi connectivity index (χ0n) is 13.9. The van der Waals surface area contributed by atoms with Gasteiger partial charge in [-0.15, -0.1) is 0 Å². The third-order valence-corrected chi connectivity index (χ3v) is 3.14. The van der Waals surface area contributed by atoms with E-state index in [1.54, 1.807) is 23.1 Å². The van der Waals surface area contributed by atoms with Crippen LogP contribution in [0.1, 0.15) is 15.9 Å². The summed E-state index contributed by atoms with van der Waals surface area (Å²) in [5.41, 5.74) is 6.10. The van der Waals surface area contributed by atoms with Crippen molar-refractivity contribution in [2.75, 3.05) is 25.6 Å². The van der Waals surface area contributed by atoms with E-state index in [4.69, 9.17) is 4.74 Å². The highest BCUT2D eigenvalue weighted by Crippen LogP contribution is 2.12. The van der Waals surface area contributed by atoms with Crippen molar-refractivity contribution in [3.63, 3.8) is 0 Å². The molecule has 0 bridgehead atoms. The number of hydrazine groups is 1. The Labute approximate surface area is 140 Å². The van der Waals surface area contributed by atoms with E-state index in [0.29, 0.717) is 17.1 Å². The average molecular weight is 328 g/mol. The van der Waals surface area contributed by atoms with Gasteiger partial charge in [0.1, 0.15) is 11.6 Å². The number of pyridine rings is 1. The number of rotatable bonds is 5. The van der Waals surface area contributed by atoms with Gasteiger partial charge in [-0.3, -0.25) is 20.4 Å². The summed E-state index contributed by atoms with van der Waals surface area (Å²) >= 11 is 0. The SMILES string of the molecule is Cc1cccc(OCC(=O)NNC(=O)c2ccnc(N(C)C)c2)c1. The molecule has 0 saturated carbocycles. The molecule has 1 aromatic heterocycles. The van der Waals surface area contributed by atoms with Crippen molar-refractivity contribution in [1.82, 2.24) is 15.8 Å². The monoisotopic (exact) mass is 328 g/mol. The highest BCUT2D eigenvalue weighted by molar-refractivity contribution is 5.96. The largest absolute Gasteiger partial charge is 0.484 e. The van der Waals surface area contributed by atoms with Crippen LogP contribution in [0, 0.1) is 6.92 Å². The van der Waals surface area contributed by atoms with Crippen LogP contribution in [0.3, 0.4) is 0 Å². The quantitative estimate of drug-likeness (QED) is 0.808. The predicted molar refractivity (Wildman–Crippen MR) is 90.8 cm³/mol. The first-order chi connectivity index (χ1) is 11.5. The van der Waals surface area contributed by atoms with E-state index >= 15 is 0 Å². The van der Waals surface area contributed by atoms with Gasteiger partial charge in [-0.25, -0.2) is 4.98 Å². The van der Waals surface area contributed by atoms with Gasteiger partial charge in [0.2, 0.25) is 0 Å². The minimum absolute atomic E-state index is 0.191. The highest BCUT2D eigenvalue weighted by atomic mass is 16.5. The van der Waals surface area contributed by atoms with E-state index in [-0.39, 0.29) is 6.61 Å². The molecule has 0 fully saturated rings. The molecule has 7 heteroatoms. The molecule has 1 aromatic carbocycles. The standard InChI is InChI=1S/C17H20N4O3/c1-12-5-4-6-14(9-12)24-11-16(22)19-20-17(23)13-7-8-18-15(10-13)21(2)3/h4-10H,11H2,1-3H3,(H,19,22)(H,20,23). The van der Waals surface area contributed by atoms with Crippen molar-refractivity contribution in [3.8, 4) is 5.75 Å². The maximum atomic E-state index is 12.0. The second kappa shape index (κ2) is 7.96. The van der Waals surface area contributed by atoms with Crippen molar-refractivity contribution in [2.24, 2.45) is 0 Å². The Morgan fingerprint density at radius 3 is 2.67 bits per heavy atom. The lowest BCUT2D eigenvalue weighted by Gasteiger charge is -2.12. The van der Waals surface area contributed by atoms with Gasteiger partial charge in [0, 0.05) is 25.9 Å². The summed E-state index contributed by atoms with van der Waals surface area (Å²) in [7, 11) is 3.66. The fourth-order valence-corrected chi connectivity index (χ4v) is 1.89. The summed E-state index contributed by atoms with van der Waals surface area (Å²) in [6.07, 6.45) is 1.53. The third-order valence-electron chi connectivity index (χ3n) is 3.14. The Morgan fingerprint density at radius 1 is 1.17 bits per heavy atom. The van der Waals surface area contributed by atoms with Crippen LogP contribution in [0.4, 0.5) is 5.82 Å². The first kappa shape index (κ1) is 17.3. The Balaban J connectivity index is 1.83. The topological polar surface area (TPSA) is 83.6 Å². The molecule has 126 valence electrons. The second-order valence-electron chi connectivity index (χ2n) is 5.40. The van der Waals surface area contributed by atoms with Crippen LogP contribution in [-0.2, 0) is 4.79 Å². The van der Waals surface area contributed by atoms with Gasteiger partial charge in [0.05, 0.1) is 0 Å². The van der Waals surface area contributed by atoms with Gasteiger partial charge in [0.25, 0.3) is 11.8 Å². The molecular formula is C17H20N4O3. The molecule has 2 N–H and O–H groups in total. The van der Waals surface area contributed by atoms with E-state index in [0.717, 1.165) is 5.56 Å². The second-order valence-corrected chi connectivity index (χ2v) is 5.40. The number of carbonyl (C=O) groups is 2. The van der Waals surface area contributed by atoms with Crippen molar-refractivity contribution in [1.29, 1.82) is 0 Å². The van der Waals surface area contributed by atoms with Gasteiger partial charge in [-0.2, -0.15) is 0 Å². The molecule has 2 aromatic rings. The lowest BCUT2D eigenvalue weighted by Crippen LogP contribution is -2.43. The molecule has 0 aliphatic carbocycles. The zero-order chi connectivity index (χ0) is 17.5. The first-order valence-corrected chi connectivity index (χ1v) is 7.38. The first-order valence-electron chi connectivity index (χ1n) is 7.38. The summed E-state index contributed by atoms with van der Waals surface area (Å²) in [4.78, 5) is 29.7. The molecule has 0 saturated heterocycles. The van der Waals surface area contributed by atoms with Crippen molar-refractivity contribution in [2.45, 2.75) is 6.92 Å². The predicted octanol–water partition coefficient (Wildman–Crippen LogP) is 1.30. The smallest absolute Gasteiger partial charge is 0.276 e. The maximum absolute atomic E-state index is 12.0. The van der Waals surface area contributed by atoms with Gasteiger partial charge >= 0.3 is 0 Å². The molecule has 0 spiro atoms. The number of hydrogen-bond donors (Lipinski definition) is 2. The molecule has 0 unspecified atom stereocenters. The van der Waals surface area contributed by atoms with E-state index in [1.807, 2.05) is 39.2 Å². The fraction of sp³-hybridized carbons (Fsp3) is 0.235. The minimum Gasteiger partial charge on any atom is -0.484 e. The van der Waals surface area contributed by atoms with Crippen LogP contribution >= 0.6 is 0 Å². The van der Waals surface area contributed by atoms with Crippen LogP contribution in [0.5, 0.6) is 5.75 Å². The molecular weight excluding hydrogens is 308 g/mol. The molecule has 0 aliphatic heterocycles. The van der Waals surface area contributed by atoms with Crippen molar-refractivity contribution >= 4 is 17.6 Å². The normalized spacial score (nSPS) is 9.96. The number of aryl methyl sites for hydroxylation is 1. The van der Waals surface area contributed by atoms with Crippen LogP contribution in [0.2, 0.25) is 0 Å². The van der Waals surface area contributed by atoms with E-state index in [1.165, 1.54) is 6.20 Å². The number of carbonyl (C=O) groups excluding carboxylic acids is 2. The Morgan fingerprint density at radius 2 is 1.96 bits per heavy atom. The van der Waals surface area contributed by atoms with E-state index in [2.05, 4.69) is 15.8 Å². The highest BCUT2D eigenvalue weighted by Gasteiger charge is 2.09. The lowest BCUT2D eigenvalue weighted by atomic mass is 10.2. The molecule has 24 heavy (non-hydrogen) atoms. The van der Waals surface area contributed by atoms with Crippen molar-refractivity contribution < 1.29 is 14.3 Å². The summed E-state index contributed by atoms with van der Waals surface area (Å²) in [5.74, 6) is 0.370. The number of benzene rings is 1. The van der Waals surface area contributed by atoms with Gasteiger partial charge in [-0.1, -0.05) is 12.1 Å². The molecule has 1 heterocycles. The van der Waals surface area contributed by atoms with Crippen LogP contribution < -0.4 is 20.5 Å². The van der Waals surface area contributed by atoms with Crippen molar-refractivity contribution in [3.05, 3.63) is 53.7 Å². The van der Waals surface area contributed by atoms with Gasteiger partial charge in [-0.05, 0) is 36.8 Å². The number of amides is 2. The Kier molecular flexibility index (Phi) is 5.73. The minimum atomic E-state index is -0.452. The Bertz CT molecular complexity index is 731. The van der Waals surface area contributed by atoms with Gasteiger partial charge < -0.3 is 9.64 Å². The Hall–Kier alpha value is -3.09. The maximum Gasteiger partial charge on any atom is 0.276 e. The summed E-state index contributed by atoms with van der Waals surface area (Å²) in [5, 5.41) is 0. The summed E-state index contributed by atoms with van der Waals surface area (Å²) in [6, 6.07) is 10.6. The number of ether oxygens (including phenoxy) is 1. The number of nitrogens with zero attached hydrogens (tertiary/aromatic N) is 2. The molecule has 0 radical (unpaired) electrons. The molecule has 0 atom stereocenters. The summed E-state index contributed by atoms with van der Waals surface area (Å²) in [6.45, 7) is 1.74. The number of nitrogens with one attached hydrogen (secondary N) is 2. The van der Waals surface area contributed by atoms with Crippen LogP contribution in [0.15, 0.2) is 42.6 Å². The lowest BCUT2D eigenvalue weighted by molar-refractivity contribution is -0.123.